The van der Waals surface area contributed by atoms with Gasteiger partial charge in [0, 0.05) is 23.5 Å². The summed E-state index contributed by atoms with van der Waals surface area (Å²) < 4.78 is 28.6. The van der Waals surface area contributed by atoms with Crippen LogP contribution in [0.3, 0.4) is 0 Å². The quantitative estimate of drug-likeness (QED) is 0.531. The number of carbonyl (C=O) groups excluding carboxylic acids is 2. The summed E-state index contributed by atoms with van der Waals surface area (Å²) in [6.45, 7) is 6.92. The van der Waals surface area contributed by atoms with Crippen molar-refractivity contribution in [2.75, 3.05) is 13.1 Å². The molecule has 0 spiro atoms. The number of allylic oxidation sites excluding steroid dienone is 4. The number of hydrogen-bond donors (Lipinski definition) is 0. The molecule has 192 valence electrons. The molecule has 2 atom stereocenters. The van der Waals surface area contributed by atoms with E-state index in [0.717, 1.165) is 11.1 Å². The van der Waals surface area contributed by atoms with Crippen LogP contribution in [0.25, 0.3) is 0 Å². The highest BCUT2D eigenvalue weighted by atomic mass is 32.2. The molecule has 2 unspecified atom stereocenters. The zero-order valence-corrected chi connectivity index (χ0v) is 22.1. The van der Waals surface area contributed by atoms with E-state index in [1.165, 1.54) is 26.0 Å². The van der Waals surface area contributed by atoms with Gasteiger partial charge in [0.25, 0.3) is 0 Å². The van der Waals surface area contributed by atoms with E-state index in [-0.39, 0.29) is 34.7 Å². The lowest BCUT2D eigenvalue weighted by atomic mass is 10.0. The second kappa shape index (κ2) is 10.6. The smallest absolute Gasteiger partial charge is 0.238 e. The van der Waals surface area contributed by atoms with E-state index in [1.807, 2.05) is 60.7 Å². The molecule has 0 aromatic heterocycles. The number of benzene rings is 2. The summed E-state index contributed by atoms with van der Waals surface area (Å²) in [7, 11) is -4.13. The second-order valence-corrected chi connectivity index (χ2v) is 11.1. The SMILES string of the molecule is CC(=O)/C=C(\C)N1CC(c2ccccc2)C(S(=O)(=O)C2=NN(/C(C)=C/C(C)=O)CC2c2ccccc2)=N1. The van der Waals surface area contributed by atoms with E-state index < -0.39 is 21.7 Å². The molecule has 0 N–H and O–H groups in total. The van der Waals surface area contributed by atoms with Gasteiger partial charge in [-0.3, -0.25) is 19.6 Å². The van der Waals surface area contributed by atoms with E-state index in [4.69, 9.17) is 0 Å². The zero-order valence-electron chi connectivity index (χ0n) is 21.3. The summed E-state index contributed by atoms with van der Waals surface area (Å²) in [5.41, 5.74) is 2.74. The summed E-state index contributed by atoms with van der Waals surface area (Å²) in [5.74, 6) is -1.37. The predicted molar refractivity (Wildman–Crippen MR) is 144 cm³/mol. The molecule has 37 heavy (non-hydrogen) atoms. The van der Waals surface area contributed by atoms with Crippen LogP contribution in [0, 0.1) is 0 Å². The summed E-state index contributed by atoms with van der Waals surface area (Å²) in [6, 6.07) is 18.7. The molecule has 0 amide bonds. The molecule has 8 nitrogen and oxygen atoms in total. The van der Waals surface area contributed by atoms with Gasteiger partial charge in [0.05, 0.1) is 24.9 Å². The number of sulfone groups is 1. The Morgan fingerprint density at radius 3 is 1.38 bits per heavy atom. The van der Waals surface area contributed by atoms with Crippen LogP contribution < -0.4 is 0 Å². The van der Waals surface area contributed by atoms with Crippen LogP contribution in [0.5, 0.6) is 0 Å². The van der Waals surface area contributed by atoms with Crippen LogP contribution >= 0.6 is 0 Å². The maximum Gasteiger partial charge on any atom is 0.238 e. The number of ketones is 2. The first kappa shape index (κ1) is 26.2. The third kappa shape index (κ3) is 5.61. The van der Waals surface area contributed by atoms with E-state index in [0.29, 0.717) is 11.4 Å². The first-order valence-electron chi connectivity index (χ1n) is 12.0. The van der Waals surface area contributed by atoms with E-state index in [2.05, 4.69) is 10.2 Å². The lowest BCUT2D eigenvalue weighted by Gasteiger charge is -2.18. The summed E-state index contributed by atoms with van der Waals surface area (Å²) >= 11 is 0. The lowest BCUT2D eigenvalue weighted by molar-refractivity contribution is -0.113. The largest absolute Gasteiger partial charge is 0.295 e. The topological polar surface area (TPSA) is 99.5 Å². The van der Waals surface area contributed by atoms with Gasteiger partial charge >= 0.3 is 0 Å². The average Bonchev–Trinajstić information content (AvgIpc) is 3.51. The minimum absolute atomic E-state index is 0.00951. The fourth-order valence-electron chi connectivity index (χ4n) is 4.60. The molecule has 0 saturated heterocycles. The van der Waals surface area contributed by atoms with Crippen LogP contribution in [0.2, 0.25) is 0 Å². The molecule has 2 aromatic carbocycles. The Hall–Kier alpha value is -3.85. The third-order valence-corrected chi connectivity index (χ3v) is 8.17. The highest BCUT2D eigenvalue weighted by Crippen LogP contribution is 2.36. The maximum atomic E-state index is 14.3. The normalized spacial score (nSPS) is 20.6. The van der Waals surface area contributed by atoms with Crippen molar-refractivity contribution in [3.8, 4) is 0 Å². The number of hydrogen-bond acceptors (Lipinski definition) is 8. The van der Waals surface area contributed by atoms with Gasteiger partial charge in [-0.05, 0) is 38.8 Å². The fraction of sp³-hybridized carbons (Fsp3) is 0.286. The fourth-order valence-corrected chi connectivity index (χ4v) is 6.40. The molecule has 0 fully saturated rings. The monoisotopic (exact) mass is 518 g/mol. The number of carbonyl (C=O) groups is 2. The average molecular weight is 519 g/mol. The van der Waals surface area contributed by atoms with E-state index in [1.54, 1.807) is 23.9 Å². The second-order valence-electron chi connectivity index (χ2n) is 9.26. The minimum atomic E-state index is -4.13. The molecule has 4 rings (SSSR count). The minimum Gasteiger partial charge on any atom is -0.295 e. The first-order chi connectivity index (χ1) is 17.6. The van der Waals surface area contributed by atoms with Crippen LogP contribution in [-0.2, 0) is 19.4 Å². The zero-order chi connectivity index (χ0) is 26.7. The van der Waals surface area contributed by atoms with Crippen molar-refractivity contribution in [1.82, 2.24) is 10.0 Å². The Kier molecular flexibility index (Phi) is 7.54. The number of nitrogens with zero attached hydrogens (tertiary/aromatic N) is 4. The van der Waals surface area contributed by atoms with Gasteiger partial charge in [0.2, 0.25) is 9.84 Å². The van der Waals surface area contributed by atoms with Crippen molar-refractivity contribution >= 4 is 31.5 Å². The Balaban J connectivity index is 1.84. The third-order valence-electron chi connectivity index (χ3n) is 6.34. The molecule has 2 heterocycles. The highest BCUT2D eigenvalue weighted by molar-refractivity contribution is 8.19. The van der Waals surface area contributed by atoms with Crippen LogP contribution in [0.4, 0.5) is 0 Å². The molecular formula is C28H30N4O4S. The van der Waals surface area contributed by atoms with Crippen molar-refractivity contribution in [2.24, 2.45) is 10.2 Å². The summed E-state index contributed by atoms with van der Waals surface area (Å²) in [6.07, 6.45) is 2.89. The molecule has 2 aliphatic rings. The maximum absolute atomic E-state index is 14.3. The van der Waals surface area contributed by atoms with Crippen LogP contribution in [0.1, 0.15) is 50.7 Å². The van der Waals surface area contributed by atoms with Crippen molar-refractivity contribution in [3.05, 3.63) is 95.3 Å². The first-order valence-corrected chi connectivity index (χ1v) is 13.5. The molecule has 0 aliphatic carbocycles. The van der Waals surface area contributed by atoms with Crippen LogP contribution in [0.15, 0.2) is 94.4 Å². The highest BCUT2D eigenvalue weighted by Gasteiger charge is 2.45. The summed E-state index contributed by atoms with van der Waals surface area (Å²) in [4.78, 5) is 23.4. The van der Waals surface area contributed by atoms with Crippen molar-refractivity contribution < 1.29 is 18.0 Å². The molecule has 2 aromatic rings. The standard InChI is InChI=1S/C28H30N4O4S/c1-19(15-21(3)33)31-17-25(23-11-7-5-8-12-23)27(29-31)37(35,36)28-26(24-13-9-6-10-14-24)18-32(30-28)20(2)16-22(4)34/h5-16,25-26H,17-18H2,1-4H3/b19-15+,20-16+. The Morgan fingerprint density at radius 1 is 0.703 bits per heavy atom. The van der Waals surface area contributed by atoms with E-state index in [9.17, 15) is 18.0 Å². The molecular weight excluding hydrogens is 488 g/mol. The Morgan fingerprint density at radius 2 is 1.05 bits per heavy atom. The van der Waals surface area contributed by atoms with Gasteiger partial charge in [0.1, 0.15) is 0 Å². The van der Waals surface area contributed by atoms with Gasteiger partial charge < -0.3 is 0 Å². The lowest BCUT2D eigenvalue weighted by Crippen LogP contribution is -2.31. The number of hydrazone groups is 2. The van der Waals surface area contributed by atoms with Crippen molar-refractivity contribution in [3.63, 3.8) is 0 Å². The molecule has 2 aliphatic heterocycles. The van der Waals surface area contributed by atoms with E-state index >= 15 is 0 Å². The van der Waals surface area contributed by atoms with Crippen LogP contribution in [-0.4, -0.2) is 53.2 Å². The van der Waals surface area contributed by atoms with Gasteiger partial charge in [-0.2, -0.15) is 10.2 Å². The van der Waals surface area contributed by atoms with Crippen molar-refractivity contribution in [1.29, 1.82) is 0 Å². The van der Waals surface area contributed by atoms with Gasteiger partial charge in [-0.1, -0.05) is 60.7 Å². The Labute approximate surface area is 217 Å². The summed E-state index contributed by atoms with van der Waals surface area (Å²) in [5, 5.41) is 12.2. The van der Waals surface area contributed by atoms with Crippen molar-refractivity contribution in [2.45, 2.75) is 39.5 Å². The van der Waals surface area contributed by atoms with Gasteiger partial charge in [-0.15, -0.1) is 0 Å². The number of rotatable bonds is 6. The molecule has 9 heteroatoms. The molecule has 0 bridgehead atoms. The predicted octanol–water partition coefficient (Wildman–Crippen LogP) is 4.21. The molecule has 0 radical (unpaired) electrons. The van der Waals surface area contributed by atoms with Gasteiger partial charge in [-0.25, -0.2) is 8.42 Å². The molecule has 0 saturated carbocycles. The van der Waals surface area contributed by atoms with Gasteiger partial charge in [0.15, 0.2) is 21.7 Å². The Bertz CT molecular complexity index is 1320.